The Morgan fingerprint density at radius 1 is 0.818 bits per heavy atom. The van der Waals surface area contributed by atoms with E-state index in [9.17, 15) is 4.79 Å². The minimum Gasteiger partial charge on any atom is -0.444 e. The molecule has 1 saturated heterocycles. The van der Waals surface area contributed by atoms with Crippen LogP contribution < -0.4 is 0 Å². The molecule has 0 N–H and O–H groups in total. The molecule has 0 bridgehead atoms. The topological polar surface area (TPSA) is 60.5 Å². The van der Waals surface area contributed by atoms with Gasteiger partial charge in [-0.25, -0.2) is 13.6 Å². The third-order valence-corrected chi connectivity index (χ3v) is 9.66. The van der Waals surface area contributed by atoms with E-state index in [1.165, 1.54) is 19.1 Å². The van der Waals surface area contributed by atoms with Crippen molar-refractivity contribution < 1.29 is 32.5 Å². The Bertz CT molecular complexity index is 1730. The van der Waals surface area contributed by atoms with Crippen LogP contribution in [0.25, 0.3) is 0 Å². The van der Waals surface area contributed by atoms with E-state index < -0.39 is 53.8 Å². The summed E-state index contributed by atoms with van der Waals surface area (Å²) in [5.41, 5.74) is 2.57. The number of ether oxygens (including phenoxy) is 4. The van der Waals surface area contributed by atoms with E-state index in [2.05, 4.69) is 49.9 Å². The van der Waals surface area contributed by atoms with Crippen molar-refractivity contribution in [3.63, 3.8) is 0 Å². The van der Waals surface area contributed by atoms with Gasteiger partial charge in [0.25, 0.3) is 0 Å². The number of hydrogen-bond donors (Lipinski definition) is 0. The van der Waals surface area contributed by atoms with Crippen molar-refractivity contribution in [3.8, 4) is 0 Å². The zero-order chi connectivity index (χ0) is 39.8. The Balaban J connectivity index is 1.67. The Kier molecular flexibility index (Phi) is 14.2. The van der Waals surface area contributed by atoms with Crippen molar-refractivity contribution in [1.82, 2.24) is 9.80 Å². The first-order chi connectivity index (χ1) is 26.1. The molecule has 55 heavy (non-hydrogen) atoms. The number of carbonyl (C=O) groups is 1. The van der Waals surface area contributed by atoms with Gasteiger partial charge in [-0.15, -0.1) is 0 Å². The Labute approximate surface area is 326 Å². The van der Waals surface area contributed by atoms with Gasteiger partial charge in [0.15, 0.2) is 6.29 Å². The Morgan fingerprint density at radius 3 is 1.82 bits per heavy atom. The summed E-state index contributed by atoms with van der Waals surface area (Å²) in [6, 6.07) is 31.1. The van der Waals surface area contributed by atoms with Crippen LogP contribution in [0, 0.1) is 24.0 Å². The van der Waals surface area contributed by atoms with Crippen LogP contribution in [0.2, 0.25) is 0 Å². The molecule has 0 radical (unpaired) electrons. The molecule has 0 aromatic heterocycles. The fraction of sp³-hybridized carbons (Fsp3) is 0.457. The van der Waals surface area contributed by atoms with E-state index in [1.54, 1.807) is 4.90 Å². The molecule has 7 nitrogen and oxygen atoms in total. The first-order valence-corrected chi connectivity index (χ1v) is 19.2. The van der Waals surface area contributed by atoms with Crippen LogP contribution in [0.15, 0.2) is 103 Å². The standard InChI is InChI=1S/C46H58F2N2O5/c1-32-38(47)24-37(25-39(32)48)26-40(49(27-34-18-12-9-13-19-34)28-35-20-14-10-15-21-35)42(52-29-36-22-16-11-17-23-36)41-30-53-43(54-31-45(3,4)5)33(2)50(41)44(51)55-46(6,7)8/h9-25,33,40-43H,26-31H2,1-8H3. The lowest BCUT2D eigenvalue weighted by molar-refractivity contribution is -0.239. The fourth-order valence-corrected chi connectivity index (χ4v) is 6.92. The number of halogens is 2. The Hall–Kier alpha value is -4.15. The molecule has 1 aliphatic heterocycles. The minimum absolute atomic E-state index is 0.0329. The molecule has 1 aliphatic rings. The van der Waals surface area contributed by atoms with Gasteiger partial charge < -0.3 is 18.9 Å². The second-order valence-corrected chi connectivity index (χ2v) is 16.9. The highest BCUT2D eigenvalue weighted by molar-refractivity contribution is 5.69. The normalized spacial score (nSPS) is 19.0. The van der Waals surface area contributed by atoms with Crippen LogP contribution in [0.1, 0.15) is 76.3 Å². The molecule has 5 rings (SSSR count). The van der Waals surface area contributed by atoms with Gasteiger partial charge in [-0.05, 0) is 80.8 Å². The average Bonchev–Trinajstić information content (AvgIpc) is 3.13. The maximum absolute atomic E-state index is 15.3. The van der Waals surface area contributed by atoms with Crippen LogP contribution in [0.4, 0.5) is 13.6 Å². The van der Waals surface area contributed by atoms with E-state index in [-0.39, 0.29) is 30.6 Å². The lowest BCUT2D eigenvalue weighted by Crippen LogP contribution is -2.66. The zero-order valence-corrected chi connectivity index (χ0v) is 33.6. The van der Waals surface area contributed by atoms with Crippen LogP contribution in [0.5, 0.6) is 0 Å². The maximum atomic E-state index is 15.3. The van der Waals surface area contributed by atoms with Gasteiger partial charge in [-0.1, -0.05) is 112 Å². The van der Waals surface area contributed by atoms with Crippen LogP contribution in [-0.4, -0.2) is 65.2 Å². The molecule has 4 aromatic carbocycles. The molecule has 1 fully saturated rings. The molecule has 9 heteroatoms. The lowest BCUT2D eigenvalue weighted by Gasteiger charge is -2.50. The highest BCUT2D eigenvalue weighted by Crippen LogP contribution is 2.33. The number of hydrogen-bond acceptors (Lipinski definition) is 6. The van der Waals surface area contributed by atoms with Crippen molar-refractivity contribution in [2.75, 3.05) is 13.2 Å². The van der Waals surface area contributed by atoms with Gasteiger partial charge in [0.2, 0.25) is 0 Å². The predicted octanol–water partition coefficient (Wildman–Crippen LogP) is 9.89. The van der Waals surface area contributed by atoms with E-state index in [0.717, 1.165) is 16.7 Å². The summed E-state index contributed by atoms with van der Waals surface area (Å²) in [7, 11) is 0. The summed E-state index contributed by atoms with van der Waals surface area (Å²) in [6.45, 7) is 16.8. The first kappa shape index (κ1) is 42.0. The molecule has 0 saturated carbocycles. The summed E-state index contributed by atoms with van der Waals surface area (Å²) >= 11 is 0. The summed E-state index contributed by atoms with van der Waals surface area (Å²) in [5.74, 6) is -1.23. The molecule has 0 aliphatic carbocycles. The van der Waals surface area contributed by atoms with Crippen molar-refractivity contribution in [1.29, 1.82) is 0 Å². The monoisotopic (exact) mass is 756 g/mol. The van der Waals surface area contributed by atoms with E-state index >= 15 is 8.78 Å². The third-order valence-electron chi connectivity index (χ3n) is 9.66. The van der Waals surface area contributed by atoms with Crippen LogP contribution >= 0.6 is 0 Å². The number of amides is 1. The van der Waals surface area contributed by atoms with E-state index in [4.69, 9.17) is 18.9 Å². The van der Waals surface area contributed by atoms with Gasteiger partial charge in [-0.2, -0.15) is 0 Å². The predicted molar refractivity (Wildman–Crippen MR) is 212 cm³/mol. The van der Waals surface area contributed by atoms with Gasteiger partial charge in [0, 0.05) is 24.7 Å². The summed E-state index contributed by atoms with van der Waals surface area (Å²) in [6.07, 6.45) is -1.76. The van der Waals surface area contributed by atoms with Gasteiger partial charge in [0.05, 0.1) is 38.0 Å². The number of nitrogens with zero attached hydrogens (tertiary/aromatic N) is 2. The summed E-state index contributed by atoms with van der Waals surface area (Å²) in [5, 5.41) is 0. The Morgan fingerprint density at radius 2 is 1.33 bits per heavy atom. The van der Waals surface area contributed by atoms with Crippen molar-refractivity contribution in [2.45, 2.75) is 118 Å². The smallest absolute Gasteiger partial charge is 0.411 e. The summed E-state index contributed by atoms with van der Waals surface area (Å²) in [4.78, 5) is 18.4. The SMILES string of the molecule is Cc1c(F)cc(CC(C(OCc2ccccc2)C2COC(OCC(C)(C)C)C(C)N2C(=O)OC(C)(C)C)N(Cc2ccccc2)Cc2ccccc2)cc1F. The highest BCUT2D eigenvalue weighted by Gasteiger charge is 2.48. The van der Waals surface area contributed by atoms with Gasteiger partial charge in [0.1, 0.15) is 17.2 Å². The first-order valence-electron chi connectivity index (χ1n) is 19.2. The second-order valence-electron chi connectivity index (χ2n) is 16.9. The quantitative estimate of drug-likeness (QED) is 0.128. The van der Waals surface area contributed by atoms with Crippen molar-refractivity contribution >= 4 is 6.09 Å². The zero-order valence-electron chi connectivity index (χ0n) is 33.6. The minimum atomic E-state index is -0.787. The second kappa shape index (κ2) is 18.7. The maximum Gasteiger partial charge on any atom is 0.411 e. The van der Waals surface area contributed by atoms with Crippen LogP contribution in [-0.2, 0) is 45.1 Å². The van der Waals surface area contributed by atoms with E-state index in [0.29, 0.717) is 25.3 Å². The highest BCUT2D eigenvalue weighted by atomic mass is 19.1. The molecule has 296 valence electrons. The molecule has 1 heterocycles. The summed E-state index contributed by atoms with van der Waals surface area (Å²) < 4.78 is 56.6. The largest absolute Gasteiger partial charge is 0.444 e. The van der Waals surface area contributed by atoms with Crippen LogP contribution in [0.3, 0.4) is 0 Å². The number of carbonyl (C=O) groups excluding carboxylic acids is 1. The number of morpholine rings is 1. The molecule has 0 spiro atoms. The lowest BCUT2D eigenvalue weighted by atomic mass is 9.91. The molecule has 4 aromatic rings. The molecule has 1 amide bonds. The van der Waals surface area contributed by atoms with E-state index in [1.807, 2.05) is 94.4 Å². The van der Waals surface area contributed by atoms with Crippen molar-refractivity contribution in [3.05, 3.63) is 143 Å². The fourth-order valence-electron chi connectivity index (χ4n) is 6.92. The number of rotatable bonds is 14. The van der Waals surface area contributed by atoms with Gasteiger partial charge in [-0.3, -0.25) is 9.80 Å². The molecular weight excluding hydrogens is 699 g/mol. The average molecular weight is 757 g/mol. The molecule has 5 unspecified atom stereocenters. The van der Waals surface area contributed by atoms with Crippen molar-refractivity contribution in [2.24, 2.45) is 5.41 Å². The number of benzene rings is 4. The molecular formula is C46H58F2N2O5. The van der Waals surface area contributed by atoms with Gasteiger partial charge >= 0.3 is 6.09 Å². The third kappa shape index (κ3) is 12.2. The molecule has 5 atom stereocenters.